The third kappa shape index (κ3) is 3.38. The van der Waals surface area contributed by atoms with Crippen molar-refractivity contribution < 1.29 is 0 Å². The fraction of sp³-hybridized carbons (Fsp3) is 0.714. The number of nitrogens with zero attached hydrogens (tertiary/aromatic N) is 2. The largest absolute Gasteiger partial charge is 0.380 e. The van der Waals surface area contributed by atoms with E-state index in [-0.39, 0.29) is 5.56 Å². The molecular formula is C14H22BrN3O. The molecule has 0 amide bonds. The van der Waals surface area contributed by atoms with E-state index in [1.807, 2.05) is 6.92 Å². The molecule has 1 aliphatic rings. The average molecular weight is 328 g/mol. The second-order valence-electron chi connectivity index (χ2n) is 5.75. The number of halogens is 1. The van der Waals surface area contributed by atoms with Crippen molar-refractivity contribution in [3.8, 4) is 0 Å². The van der Waals surface area contributed by atoms with E-state index in [1.165, 1.54) is 11.1 Å². The van der Waals surface area contributed by atoms with Crippen LogP contribution in [0.2, 0.25) is 0 Å². The second kappa shape index (κ2) is 6.07. The van der Waals surface area contributed by atoms with Crippen LogP contribution in [0.4, 0.5) is 5.69 Å². The number of aromatic nitrogens is 2. The van der Waals surface area contributed by atoms with Crippen molar-refractivity contribution in [1.29, 1.82) is 0 Å². The van der Waals surface area contributed by atoms with Crippen LogP contribution in [0.5, 0.6) is 0 Å². The summed E-state index contributed by atoms with van der Waals surface area (Å²) in [6.45, 7) is 7.10. The normalized spacial score (nSPS) is 27.3. The predicted molar refractivity (Wildman–Crippen MR) is 81.5 cm³/mol. The maximum absolute atomic E-state index is 12.0. The Morgan fingerprint density at radius 2 is 2.00 bits per heavy atom. The molecule has 2 rings (SSSR count). The summed E-state index contributed by atoms with van der Waals surface area (Å²) in [5.41, 5.74) is 0.755. The van der Waals surface area contributed by atoms with Gasteiger partial charge in [-0.05, 0) is 54.0 Å². The first-order valence-electron chi connectivity index (χ1n) is 7.03. The summed E-state index contributed by atoms with van der Waals surface area (Å²) in [4.78, 5) is 12.0. The summed E-state index contributed by atoms with van der Waals surface area (Å²) in [5, 5.41) is 7.65. The van der Waals surface area contributed by atoms with Gasteiger partial charge in [-0.15, -0.1) is 0 Å². The Hall–Kier alpha value is -0.840. The predicted octanol–water partition coefficient (Wildman–Crippen LogP) is 3.26. The number of nitrogens with one attached hydrogen (secondary N) is 1. The van der Waals surface area contributed by atoms with Gasteiger partial charge in [0.1, 0.15) is 4.47 Å². The molecule has 1 aliphatic carbocycles. The molecule has 0 aromatic carbocycles. The van der Waals surface area contributed by atoms with Gasteiger partial charge < -0.3 is 5.32 Å². The van der Waals surface area contributed by atoms with Crippen LogP contribution in [0.3, 0.4) is 0 Å². The van der Waals surface area contributed by atoms with Gasteiger partial charge in [0.05, 0.1) is 11.9 Å². The van der Waals surface area contributed by atoms with Crippen LogP contribution >= 0.6 is 15.9 Å². The Morgan fingerprint density at radius 3 is 2.58 bits per heavy atom. The van der Waals surface area contributed by atoms with Crippen LogP contribution < -0.4 is 10.9 Å². The van der Waals surface area contributed by atoms with Gasteiger partial charge in [0.25, 0.3) is 5.56 Å². The number of aryl methyl sites for hydroxylation is 1. The van der Waals surface area contributed by atoms with Gasteiger partial charge >= 0.3 is 0 Å². The first-order valence-corrected chi connectivity index (χ1v) is 7.82. The zero-order chi connectivity index (χ0) is 14.0. The van der Waals surface area contributed by atoms with E-state index >= 15 is 0 Å². The van der Waals surface area contributed by atoms with Gasteiger partial charge in [0.2, 0.25) is 0 Å². The minimum Gasteiger partial charge on any atom is -0.380 e. The Morgan fingerprint density at radius 1 is 1.37 bits per heavy atom. The molecule has 1 heterocycles. The maximum Gasteiger partial charge on any atom is 0.283 e. The molecule has 0 saturated heterocycles. The summed E-state index contributed by atoms with van der Waals surface area (Å²) in [6, 6.07) is 0.439. The van der Waals surface area contributed by atoms with Gasteiger partial charge in [-0.3, -0.25) is 4.79 Å². The molecule has 1 fully saturated rings. The molecule has 4 nitrogen and oxygen atoms in total. The van der Waals surface area contributed by atoms with Crippen LogP contribution in [0.25, 0.3) is 0 Å². The highest BCUT2D eigenvalue weighted by Gasteiger charge is 2.24. The monoisotopic (exact) mass is 327 g/mol. The molecule has 1 saturated carbocycles. The van der Waals surface area contributed by atoms with E-state index < -0.39 is 0 Å². The molecule has 5 heteroatoms. The zero-order valence-electron chi connectivity index (χ0n) is 11.8. The lowest BCUT2D eigenvalue weighted by Gasteiger charge is -2.32. The SMILES string of the molecule is CCn1ncc(NC2CC(C)CC(C)C2)c(Br)c1=O. The van der Waals surface area contributed by atoms with Crippen LogP contribution in [0.15, 0.2) is 15.5 Å². The molecule has 2 atom stereocenters. The summed E-state index contributed by atoms with van der Waals surface area (Å²) < 4.78 is 2.05. The molecule has 1 aromatic heterocycles. The molecule has 106 valence electrons. The average Bonchev–Trinajstić information content (AvgIpc) is 2.34. The maximum atomic E-state index is 12.0. The number of hydrogen-bond donors (Lipinski definition) is 1. The van der Waals surface area contributed by atoms with Crippen molar-refractivity contribution in [2.24, 2.45) is 11.8 Å². The Balaban J connectivity index is 2.15. The lowest BCUT2D eigenvalue weighted by molar-refractivity contribution is 0.280. The molecule has 0 bridgehead atoms. The lowest BCUT2D eigenvalue weighted by atomic mass is 9.80. The minimum absolute atomic E-state index is 0.0654. The highest BCUT2D eigenvalue weighted by atomic mass is 79.9. The fourth-order valence-corrected chi connectivity index (χ4v) is 3.50. The van der Waals surface area contributed by atoms with E-state index in [1.54, 1.807) is 6.20 Å². The highest BCUT2D eigenvalue weighted by molar-refractivity contribution is 9.10. The third-order valence-electron chi connectivity index (χ3n) is 3.82. The molecule has 19 heavy (non-hydrogen) atoms. The summed E-state index contributed by atoms with van der Waals surface area (Å²) in [6.07, 6.45) is 5.37. The highest BCUT2D eigenvalue weighted by Crippen LogP contribution is 2.31. The molecule has 2 unspecified atom stereocenters. The lowest BCUT2D eigenvalue weighted by Crippen LogP contribution is -2.32. The van der Waals surface area contributed by atoms with Crippen LogP contribution in [-0.2, 0) is 6.54 Å². The zero-order valence-corrected chi connectivity index (χ0v) is 13.4. The Kier molecular flexibility index (Phi) is 4.66. The first kappa shape index (κ1) is 14.6. The quantitative estimate of drug-likeness (QED) is 0.926. The van der Waals surface area contributed by atoms with Crippen LogP contribution in [-0.4, -0.2) is 15.8 Å². The minimum atomic E-state index is -0.0654. The van der Waals surface area contributed by atoms with E-state index in [2.05, 4.69) is 40.2 Å². The van der Waals surface area contributed by atoms with Crippen molar-refractivity contribution in [3.05, 3.63) is 21.0 Å². The van der Waals surface area contributed by atoms with Crippen LogP contribution in [0.1, 0.15) is 40.0 Å². The summed E-state index contributed by atoms with van der Waals surface area (Å²) in [7, 11) is 0. The van der Waals surface area contributed by atoms with Crippen LogP contribution in [0, 0.1) is 11.8 Å². The van der Waals surface area contributed by atoms with Crippen molar-refractivity contribution >= 4 is 21.6 Å². The number of rotatable bonds is 3. The van der Waals surface area contributed by atoms with Gasteiger partial charge in [0.15, 0.2) is 0 Å². The topological polar surface area (TPSA) is 46.9 Å². The van der Waals surface area contributed by atoms with Gasteiger partial charge in [-0.1, -0.05) is 13.8 Å². The molecule has 1 N–H and O–H groups in total. The van der Waals surface area contributed by atoms with Crippen molar-refractivity contribution in [3.63, 3.8) is 0 Å². The summed E-state index contributed by atoms with van der Waals surface area (Å²) in [5.74, 6) is 1.48. The number of anilines is 1. The van der Waals surface area contributed by atoms with E-state index in [9.17, 15) is 4.79 Å². The van der Waals surface area contributed by atoms with Crippen molar-refractivity contribution in [2.45, 2.75) is 52.6 Å². The molecule has 0 spiro atoms. The van der Waals surface area contributed by atoms with Crippen molar-refractivity contribution in [1.82, 2.24) is 9.78 Å². The third-order valence-corrected chi connectivity index (χ3v) is 4.59. The van der Waals surface area contributed by atoms with Gasteiger partial charge in [-0.25, -0.2) is 4.68 Å². The van der Waals surface area contributed by atoms with E-state index in [0.29, 0.717) is 17.1 Å². The first-order chi connectivity index (χ1) is 9.01. The van der Waals surface area contributed by atoms with Crippen molar-refractivity contribution in [2.75, 3.05) is 5.32 Å². The van der Waals surface area contributed by atoms with E-state index in [0.717, 1.165) is 30.4 Å². The Bertz CT molecular complexity index is 490. The van der Waals surface area contributed by atoms with Gasteiger partial charge in [0, 0.05) is 12.6 Å². The molecular weight excluding hydrogens is 306 g/mol. The number of hydrogen-bond acceptors (Lipinski definition) is 3. The molecule has 1 aromatic rings. The summed E-state index contributed by atoms with van der Waals surface area (Å²) >= 11 is 3.39. The fourth-order valence-electron chi connectivity index (χ4n) is 3.08. The standard InChI is InChI=1S/C14H22BrN3O/c1-4-18-14(19)13(15)12(8-16-18)17-11-6-9(2)5-10(3)7-11/h8-11,17H,4-7H2,1-3H3. The Labute approximate surface area is 122 Å². The molecule has 0 aliphatic heterocycles. The molecule has 0 radical (unpaired) electrons. The second-order valence-corrected chi connectivity index (χ2v) is 6.54. The smallest absolute Gasteiger partial charge is 0.283 e. The van der Waals surface area contributed by atoms with E-state index in [4.69, 9.17) is 0 Å². The van der Waals surface area contributed by atoms with Gasteiger partial charge in [-0.2, -0.15) is 5.10 Å².